The van der Waals surface area contributed by atoms with Crippen molar-refractivity contribution in [1.82, 2.24) is 24.3 Å². The third kappa shape index (κ3) is 7.97. The predicted octanol–water partition coefficient (Wildman–Crippen LogP) is 8.88. The summed E-state index contributed by atoms with van der Waals surface area (Å²) in [4.78, 5) is 41.8. The largest absolute Gasteiger partial charge is 0.481 e. The molecule has 4 aromatic rings. The van der Waals surface area contributed by atoms with Gasteiger partial charge in [0.2, 0.25) is 11.8 Å². The maximum absolute atomic E-state index is 13.5. The van der Waals surface area contributed by atoms with E-state index in [0.29, 0.717) is 61.5 Å². The molecule has 1 N–H and O–H groups in total. The number of ether oxygens (including phenoxy) is 2. The van der Waals surface area contributed by atoms with E-state index in [9.17, 15) is 9.59 Å². The summed E-state index contributed by atoms with van der Waals surface area (Å²) in [5.74, 6) is 3.83. The van der Waals surface area contributed by atoms with E-state index in [1.807, 2.05) is 28.8 Å². The lowest BCUT2D eigenvalue weighted by Crippen LogP contribution is -2.45. The first-order valence-corrected chi connectivity index (χ1v) is 19.5. The standard InChI is InChI=1S/C38H49ClN6O4Si/c1-23(2)50(24(3)4,25(5)6)21-18-30-28(15-16-31(41-30)42-35(46)26(7)44(11)37(47)49-38(8,9)10)34-33(29-14-13-19-40-36(29)48-12)43-32-22-27(39)17-20-45(32)34/h13-17,19-20,22-26H,1-12H3,(H,41,42,46). The fourth-order valence-corrected chi connectivity index (χ4v) is 11.9. The number of hydrogen-bond donors (Lipinski definition) is 1. The second kappa shape index (κ2) is 15.2. The van der Waals surface area contributed by atoms with Crippen molar-refractivity contribution in [3.8, 4) is 39.9 Å². The van der Waals surface area contributed by atoms with E-state index in [2.05, 4.69) is 63.3 Å². The maximum atomic E-state index is 13.5. The number of carbonyl (C=O) groups is 2. The van der Waals surface area contributed by atoms with Crippen molar-refractivity contribution >= 4 is 43.1 Å². The number of rotatable bonds is 9. The minimum absolute atomic E-state index is 0.302. The van der Waals surface area contributed by atoms with Gasteiger partial charge in [0.15, 0.2) is 0 Å². The van der Waals surface area contributed by atoms with Gasteiger partial charge in [-0.3, -0.25) is 14.1 Å². The Morgan fingerprint density at radius 1 is 0.980 bits per heavy atom. The second-order valence-electron chi connectivity index (χ2n) is 14.4. The average Bonchev–Trinajstić information content (AvgIpc) is 3.41. The first-order valence-electron chi connectivity index (χ1n) is 16.9. The van der Waals surface area contributed by atoms with E-state index in [-0.39, 0.29) is 0 Å². The monoisotopic (exact) mass is 716 g/mol. The van der Waals surface area contributed by atoms with Crippen molar-refractivity contribution in [3.05, 3.63) is 59.5 Å². The molecular formula is C38H49ClN6O4Si. The molecular weight excluding hydrogens is 668 g/mol. The van der Waals surface area contributed by atoms with Crippen LogP contribution in [0.1, 0.15) is 74.9 Å². The number of likely N-dealkylation sites (N-methyl/N-ethyl adjacent to an activating group) is 1. The van der Waals surface area contributed by atoms with E-state index in [1.165, 1.54) is 11.9 Å². The van der Waals surface area contributed by atoms with Crippen molar-refractivity contribution in [1.29, 1.82) is 0 Å². The molecule has 266 valence electrons. The Balaban J connectivity index is 1.95. The Bertz CT molecular complexity index is 1920. The van der Waals surface area contributed by atoms with Crippen LogP contribution in [0, 0.1) is 11.5 Å². The number of hydrogen-bond acceptors (Lipinski definition) is 7. The lowest BCUT2D eigenvalue weighted by Gasteiger charge is -2.38. The number of imidazole rings is 1. The molecule has 12 heteroatoms. The molecule has 1 unspecified atom stereocenters. The zero-order valence-corrected chi connectivity index (χ0v) is 32.9. The van der Waals surface area contributed by atoms with Crippen LogP contribution in [0.5, 0.6) is 5.88 Å². The van der Waals surface area contributed by atoms with Crippen molar-refractivity contribution in [2.45, 2.75) is 97.5 Å². The highest BCUT2D eigenvalue weighted by Crippen LogP contribution is 2.42. The summed E-state index contributed by atoms with van der Waals surface area (Å²) in [5, 5.41) is 3.45. The summed E-state index contributed by atoms with van der Waals surface area (Å²) in [5.41, 5.74) is 8.12. The Labute approximate surface area is 302 Å². The van der Waals surface area contributed by atoms with Gasteiger partial charge in [-0.15, -0.1) is 5.54 Å². The lowest BCUT2D eigenvalue weighted by molar-refractivity contribution is -0.120. The molecule has 0 saturated heterocycles. The third-order valence-corrected chi connectivity index (χ3v) is 15.6. The van der Waals surface area contributed by atoms with Crippen LogP contribution in [0.15, 0.2) is 48.8 Å². The number of pyridine rings is 3. The van der Waals surface area contributed by atoms with Gasteiger partial charge in [-0.25, -0.2) is 19.7 Å². The number of anilines is 1. The summed E-state index contributed by atoms with van der Waals surface area (Å²) in [6.07, 6.45) is 2.93. The molecule has 0 fully saturated rings. The van der Waals surface area contributed by atoms with Crippen molar-refractivity contribution in [2.24, 2.45) is 0 Å². The molecule has 0 aliphatic rings. The summed E-state index contributed by atoms with van der Waals surface area (Å²) >= 11 is 6.43. The maximum Gasteiger partial charge on any atom is 0.410 e. The molecule has 4 aromatic heterocycles. The first-order chi connectivity index (χ1) is 23.4. The topological polar surface area (TPSA) is 111 Å². The summed E-state index contributed by atoms with van der Waals surface area (Å²) in [6.45, 7) is 20.5. The van der Waals surface area contributed by atoms with Gasteiger partial charge in [0.1, 0.15) is 42.6 Å². The van der Waals surface area contributed by atoms with Gasteiger partial charge in [-0.05, 0) is 74.7 Å². The summed E-state index contributed by atoms with van der Waals surface area (Å²) < 4.78 is 13.1. The summed E-state index contributed by atoms with van der Waals surface area (Å²) in [6, 6.07) is 10.1. The third-order valence-electron chi connectivity index (χ3n) is 9.11. The molecule has 50 heavy (non-hydrogen) atoms. The van der Waals surface area contributed by atoms with Crippen LogP contribution in [0.4, 0.5) is 10.6 Å². The zero-order chi connectivity index (χ0) is 37.1. The van der Waals surface area contributed by atoms with Gasteiger partial charge >= 0.3 is 6.09 Å². The molecule has 1 atom stereocenters. The predicted molar refractivity (Wildman–Crippen MR) is 203 cm³/mol. The summed E-state index contributed by atoms with van der Waals surface area (Å²) in [7, 11) is 0.903. The van der Waals surface area contributed by atoms with Crippen LogP contribution in [0.2, 0.25) is 21.6 Å². The van der Waals surface area contributed by atoms with Crippen LogP contribution in [0.3, 0.4) is 0 Å². The van der Waals surface area contributed by atoms with E-state index < -0.39 is 31.7 Å². The fraction of sp³-hybridized carbons (Fsp3) is 0.447. The number of nitrogens with zero attached hydrogens (tertiary/aromatic N) is 5. The van der Waals surface area contributed by atoms with Gasteiger partial charge in [0.05, 0.1) is 18.4 Å². The van der Waals surface area contributed by atoms with E-state index in [1.54, 1.807) is 59.2 Å². The van der Waals surface area contributed by atoms with Crippen LogP contribution in [-0.2, 0) is 9.53 Å². The van der Waals surface area contributed by atoms with E-state index in [4.69, 9.17) is 31.0 Å². The Morgan fingerprint density at radius 2 is 1.64 bits per heavy atom. The minimum Gasteiger partial charge on any atom is -0.481 e. The van der Waals surface area contributed by atoms with Gasteiger partial charge < -0.3 is 14.8 Å². The van der Waals surface area contributed by atoms with Crippen molar-refractivity contribution in [3.63, 3.8) is 0 Å². The number of fused-ring (bicyclic) bond motifs is 1. The Kier molecular flexibility index (Phi) is 11.7. The van der Waals surface area contributed by atoms with Gasteiger partial charge in [0, 0.05) is 36.1 Å². The fourth-order valence-electron chi connectivity index (χ4n) is 6.51. The highest BCUT2D eigenvalue weighted by molar-refractivity contribution is 6.90. The molecule has 2 amide bonds. The zero-order valence-electron chi connectivity index (χ0n) is 31.2. The first kappa shape index (κ1) is 38.4. The molecule has 4 rings (SSSR count). The van der Waals surface area contributed by atoms with Gasteiger partial charge in [0.25, 0.3) is 0 Å². The number of carbonyl (C=O) groups excluding carboxylic acids is 2. The minimum atomic E-state index is -2.20. The van der Waals surface area contributed by atoms with Gasteiger partial charge in [-0.1, -0.05) is 59.1 Å². The number of aromatic nitrogens is 4. The van der Waals surface area contributed by atoms with Crippen LogP contribution in [-0.4, -0.2) is 70.1 Å². The highest BCUT2D eigenvalue weighted by atomic mass is 35.5. The molecule has 0 radical (unpaired) electrons. The van der Waals surface area contributed by atoms with Crippen LogP contribution in [0.25, 0.3) is 28.2 Å². The average molecular weight is 717 g/mol. The quantitative estimate of drug-likeness (QED) is 0.136. The van der Waals surface area contributed by atoms with E-state index in [0.717, 1.165) is 5.69 Å². The molecule has 0 bridgehead atoms. The number of amides is 2. The Morgan fingerprint density at radius 3 is 2.24 bits per heavy atom. The van der Waals surface area contributed by atoms with E-state index >= 15 is 0 Å². The SMILES string of the molecule is COc1ncccc1-c1nc2cc(Cl)ccn2c1-c1ccc(NC(=O)C(C)N(C)C(=O)OC(C)(C)C)nc1C#C[Si](C(C)C)(C(C)C)C(C)C. The molecule has 0 spiro atoms. The Hall–Kier alpha value is -4.40. The van der Waals surface area contributed by atoms with Crippen LogP contribution >= 0.6 is 11.6 Å². The smallest absolute Gasteiger partial charge is 0.410 e. The van der Waals surface area contributed by atoms with Gasteiger partial charge in [-0.2, -0.15) is 0 Å². The van der Waals surface area contributed by atoms with Crippen molar-refractivity contribution < 1.29 is 19.1 Å². The molecule has 0 aliphatic carbocycles. The van der Waals surface area contributed by atoms with Crippen molar-refractivity contribution in [2.75, 3.05) is 19.5 Å². The number of halogens is 1. The number of nitrogens with one attached hydrogen (secondary N) is 1. The normalized spacial score (nSPS) is 12.6. The molecule has 0 aliphatic heterocycles. The molecule has 0 aromatic carbocycles. The molecule has 10 nitrogen and oxygen atoms in total. The molecule has 0 saturated carbocycles. The highest BCUT2D eigenvalue weighted by Gasteiger charge is 2.42. The van der Waals surface area contributed by atoms with Crippen LogP contribution < -0.4 is 10.1 Å². The second-order valence-corrected chi connectivity index (χ2v) is 20.5. The lowest BCUT2D eigenvalue weighted by atomic mass is 10.0. The molecule has 4 heterocycles. The number of methoxy groups -OCH3 is 1.